The Labute approximate surface area is 139 Å². The van der Waals surface area contributed by atoms with Gasteiger partial charge in [-0.05, 0) is 59.9 Å². The highest BCUT2D eigenvalue weighted by Crippen LogP contribution is 2.34. The maximum atomic E-state index is 10.5. The van der Waals surface area contributed by atoms with Crippen LogP contribution in [0.5, 0.6) is 0 Å². The molecule has 0 spiro atoms. The predicted molar refractivity (Wildman–Crippen MR) is 92.4 cm³/mol. The van der Waals surface area contributed by atoms with Gasteiger partial charge < -0.3 is 10.4 Å². The summed E-state index contributed by atoms with van der Waals surface area (Å²) in [5.41, 5.74) is 2.45. The van der Waals surface area contributed by atoms with E-state index in [2.05, 4.69) is 54.2 Å². The lowest BCUT2D eigenvalue weighted by atomic mass is 9.79. The lowest BCUT2D eigenvalue weighted by Gasteiger charge is -2.49. The van der Waals surface area contributed by atoms with Crippen molar-refractivity contribution in [2.45, 2.75) is 77.1 Å². The van der Waals surface area contributed by atoms with E-state index in [0.29, 0.717) is 12.0 Å². The first-order valence-electron chi connectivity index (χ1n) is 8.86. The molecule has 3 rings (SSSR count). The zero-order valence-corrected chi connectivity index (χ0v) is 15.2. The van der Waals surface area contributed by atoms with Crippen LogP contribution in [0.3, 0.4) is 0 Å². The van der Waals surface area contributed by atoms with Crippen LogP contribution < -0.4 is 5.32 Å². The maximum Gasteiger partial charge on any atom is 0.0711 e. The third-order valence-electron chi connectivity index (χ3n) is 5.35. The van der Waals surface area contributed by atoms with E-state index in [0.717, 1.165) is 43.7 Å². The third kappa shape index (κ3) is 3.95. The van der Waals surface area contributed by atoms with Crippen LogP contribution in [0.1, 0.15) is 51.9 Å². The van der Waals surface area contributed by atoms with Gasteiger partial charge in [0.15, 0.2) is 0 Å². The Bertz CT molecular complexity index is 535. The van der Waals surface area contributed by atoms with E-state index in [1.165, 1.54) is 0 Å². The van der Waals surface area contributed by atoms with Gasteiger partial charge in [0, 0.05) is 41.8 Å². The molecule has 1 aromatic rings. The second-order valence-corrected chi connectivity index (χ2v) is 8.98. The number of aromatic nitrogens is 2. The Morgan fingerprint density at radius 3 is 2.43 bits per heavy atom. The Morgan fingerprint density at radius 1 is 1.22 bits per heavy atom. The van der Waals surface area contributed by atoms with Gasteiger partial charge in [0.05, 0.1) is 11.8 Å². The van der Waals surface area contributed by atoms with Crippen LogP contribution in [0.15, 0.2) is 6.07 Å². The first-order valence-corrected chi connectivity index (χ1v) is 8.86. The number of H-pyrrole nitrogens is 1. The van der Waals surface area contributed by atoms with E-state index in [-0.39, 0.29) is 17.2 Å². The molecule has 5 nitrogen and oxygen atoms in total. The minimum Gasteiger partial charge on any atom is -0.391 e. The standard InChI is InChI=1S/C18H32N4O/c1-12-6-14(20-19-12)7-13-10-22(11-16(13)23)15-8-17(2,3)21-18(4,5)9-15/h6,13,15-16,21,23H,7-11H2,1-5H3,(H,19,20)/t13-,16-/m1/s1. The highest BCUT2D eigenvalue weighted by Gasteiger charge is 2.43. The molecule has 2 aliphatic heterocycles. The monoisotopic (exact) mass is 320 g/mol. The number of rotatable bonds is 3. The summed E-state index contributed by atoms with van der Waals surface area (Å²) in [7, 11) is 0. The Morgan fingerprint density at radius 2 is 1.87 bits per heavy atom. The number of aliphatic hydroxyl groups is 1. The molecule has 0 unspecified atom stereocenters. The molecule has 0 aliphatic carbocycles. The van der Waals surface area contributed by atoms with Gasteiger partial charge >= 0.3 is 0 Å². The molecule has 2 saturated heterocycles. The van der Waals surface area contributed by atoms with Crippen molar-refractivity contribution < 1.29 is 5.11 Å². The quantitative estimate of drug-likeness (QED) is 0.795. The molecular formula is C18H32N4O. The van der Waals surface area contributed by atoms with E-state index in [4.69, 9.17) is 0 Å². The highest BCUT2D eigenvalue weighted by atomic mass is 16.3. The van der Waals surface area contributed by atoms with E-state index < -0.39 is 0 Å². The van der Waals surface area contributed by atoms with Gasteiger partial charge in [-0.1, -0.05) is 0 Å². The normalized spacial score (nSPS) is 31.6. The predicted octanol–water partition coefficient (Wildman–Crippen LogP) is 1.86. The number of hydrogen-bond donors (Lipinski definition) is 3. The third-order valence-corrected chi connectivity index (χ3v) is 5.35. The van der Waals surface area contributed by atoms with Crippen LogP contribution >= 0.6 is 0 Å². The largest absolute Gasteiger partial charge is 0.391 e. The molecule has 0 radical (unpaired) electrons. The molecule has 0 aromatic carbocycles. The first-order chi connectivity index (χ1) is 10.6. The van der Waals surface area contributed by atoms with Crippen molar-refractivity contribution in [1.29, 1.82) is 0 Å². The summed E-state index contributed by atoms with van der Waals surface area (Å²) in [4.78, 5) is 2.51. The molecule has 2 atom stereocenters. The fourth-order valence-electron chi connectivity index (χ4n) is 4.76. The van der Waals surface area contributed by atoms with Gasteiger partial charge in [0.25, 0.3) is 0 Å². The number of nitrogens with zero attached hydrogens (tertiary/aromatic N) is 2. The summed E-state index contributed by atoms with van der Waals surface area (Å²) >= 11 is 0. The molecule has 0 saturated carbocycles. The van der Waals surface area contributed by atoms with Crippen molar-refractivity contribution in [2.75, 3.05) is 13.1 Å². The molecule has 1 aromatic heterocycles. The average molecular weight is 320 g/mol. The number of aromatic amines is 1. The number of likely N-dealkylation sites (tertiary alicyclic amines) is 1. The fraction of sp³-hybridized carbons (Fsp3) is 0.833. The summed E-state index contributed by atoms with van der Waals surface area (Å²) in [6.45, 7) is 12.9. The van der Waals surface area contributed by atoms with Crippen LogP contribution in [0, 0.1) is 12.8 Å². The van der Waals surface area contributed by atoms with Gasteiger partial charge in [0.1, 0.15) is 0 Å². The van der Waals surface area contributed by atoms with E-state index in [1.54, 1.807) is 0 Å². The molecular weight excluding hydrogens is 288 g/mol. The summed E-state index contributed by atoms with van der Waals surface area (Å²) in [5.74, 6) is 0.291. The van der Waals surface area contributed by atoms with E-state index >= 15 is 0 Å². The van der Waals surface area contributed by atoms with Gasteiger partial charge in [0.2, 0.25) is 0 Å². The zero-order valence-electron chi connectivity index (χ0n) is 15.2. The van der Waals surface area contributed by atoms with Crippen molar-refractivity contribution >= 4 is 0 Å². The van der Waals surface area contributed by atoms with Crippen LogP contribution in [0.2, 0.25) is 0 Å². The maximum absolute atomic E-state index is 10.5. The highest BCUT2D eigenvalue weighted by molar-refractivity contribution is 5.09. The summed E-state index contributed by atoms with van der Waals surface area (Å²) in [6.07, 6.45) is 2.89. The zero-order chi connectivity index (χ0) is 16.8. The minimum atomic E-state index is -0.242. The number of hydrogen-bond acceptors (Lipinski definition) is 4. The Balaban J connectivity index is 1.65. The summed E-state index contributed by atoms with van der Waals surface area (Å²) in [6, 6.07) is 2.63. The number of aliphatic hydroxyl groups excluding tert-OH is 1. The minimum absolute atomic E-state index is 0.148. The van der Waals surface area contributed by atoms with Crippen molar-refractivity contribution in [1.82, 2.24) is 20.4 Å². The van der Waals surface area contributed by atoms with Crippen LogP contribution in [-0.2, 0) is 6.42 Å². The van der Waals surface area contributed by atoms with Crippen LogP contribution in [-0.4, -0.2) is 56.5 Å². The van der Waals surface area contributed by atoms with Crippen LogP contribution in [0.4, 0.5) is 0 Å². The second-order valence-electron chi connectivity index (χ2n) is 8.98. The molecule has 0 bridgehead atoms. The smallest absolute Gasteiger partial charge is 0.0711 e. The Hall–Kier alpha value is -0.910. The number of piperidine rings is 1. The molecule has 2 aliphatic rings. The number of β-amino-alcohol motifs (C(OH)–C–C–N with tert-alkyl or cyclic N) is 1. The first kappa shape index (κ1) is 16.9. The SMILES string of the molecule is Cc1cc(C[C@@H]2CN(C3CC(C)(C)NC(C)(C)C3)C[C@H]2O)n[nH]1. The van der Waals surface area contributed by atoms with E-state index in [1.807, 2.05) is 6.92 Å². The molecule has 5 heteroatoms. The van der Waals surface area contributed by atoms with Crippen molar-refractivity contribution in [2.24, 2.45) is 5.92 Å². The van der Waals surface area contributed by atoms with Crippen molar-refractivity contribution in [3.63, 3.8) is 0 Å². The Kier molecular flexibility index (Phi) is 4.32. The number of aryl methyl sites for hydroxylation is 1. The second kappa shape index (κ2) is 5.87. The molecule has 3 heterocycles. The average Bonchev–Trinajstić information content (AvgIpc) is 2.93. The molecule has 130 valence electrons. The summed E-state index contributed by atoms with van der Waals surface area (Å²) in [5, 5.41) is 21.6. The molecule has 2 fully saturated rings. The lowest BCUT2D eigenvalue weighted by Crippen LogP contribution is -2.62. The van der Waals surface area contributed by atoms with Crippen LogP contribution in [0.25, 0.3) is 0 Å². The number of nitrogens with one attached hydrogen (secondary N) is 2. The van der Waals surface area contributed by atoms with Gasteiger partial charge in [-0.2, -0.15) is 5.10 Å². The van der Waals surface area contributed by atoms with Crippen molar-refractivity contribution in [3.05, 3.63) is 17.5 Å². The van der Waals surface area contributed by atoms with Gasteiger partial charge in [-0.15, -0.1) is 0 Å². The molecule has 3 N–H and O–H groups in total. The van der Waals surface area contributed by atoms with E-state index in [9.17, 15) is 5.11 Å². The fourth-order valence-corrected chi connectivity index (χ4v) is 4.76. The molecule has 0 amide bonds. The van der Waals surface area contributed by atoms with Gasteiger partial charge in [-0.3, -0.25) is 10.00 Å². The topological polar surface area (TPSA) is 64.2 Å². The van der Waals surface area contributed by atoms with Crippen molar-refractivity contribution in [3.8, 4) is 0 Å². The van der Waals surface area contributed by atoms with Gasteiger partial charge in [-0.25, -0.2) is 0 Å². The lowest BCUT2D eigenvalue weighted by molar-refractivity contribution is 0.0704. The summed E-state index contributed by atoms with van der Waals surface area (Å²) < 4.78 is 0. The molecule has 23 heavy (non-hydrogen) atoms.